The van der Waals surface area contributed by atoms with Crippen LogP contribution in [-0.4, -0.2) is 43.1 Å². The number of Topliss-reactive ketones (excluding diaryl/α,β-unsaturated/α-hetero) is 1. The van der Waals surface area contributed by atoms with Crippen LogP contribution in [0.15, 0.2) is 45.6 Å². The highest BCUT2D eigenvalue weighted by molar-refractivity contribution is 5.98. The molecular weight excluding hydrogens is 492 g/mol. The van der Waals surface area contributed by atoms with E-state index in [-0.39, 0.29) is 23.7 Å². The van der Waals surface area contributed by atoms with Crippen LogP contribution in [0.3, 0.4) is 0 Å². The van der Waals surface area contributed by atoms with Crippen LogP contribution in [0, 0.1) is 19.8 Å². The van der Waals surface area contributed by atoms with E-state index in [0.29, 0.717) is 33.6 Å². The molecule has 1 aromatic heterocycles. The van der Waals surface area contributed by atoms with E-state index in [2.05, 4.69) is 0 Å². The molecule has 9 heteroatoms. The number of ether oxygens (including phenoxy) is 5. The molecule has 200 valence electrons. The van der Waals surface area contributed by atoms with Crippen molar-refractivity contribution in [3.05, 3.63) is 69.1 Å². The standard InChI is InChI=1S/C29H30O9/c1-14-11-17(7-9-21(14)33-6)20(30)13-19-12-18-8-10-22(15(2)23(18)35-26(19)31)34-27-25-24(36-28(32)37-25)16(3)29(4,5)38-27/h7-12,16,24-25,27H,13H2,1-6H3/t16-,24+,25?,27-/m1/s1. The van der Waals surface area contributed by atoms with Crippen molar-refractivity contribution in [1.29, 1.82) is 0 Å². The third-order valence-corrected chi connectivity index (χ3v) is 7.55. The molecule has 3 heterocycles. The van der Waals surface area contributed by atoms with Crippen LogP contribution < -0.4 is 15.1 Å². The maximum absolute atomic E-state index is 12.9. The maximum Gasteiger partial charge on any atom is 0.509 e. The Morgan fingerprint density at radius 1 is 1.00 bits per heavy atom. The highest BCUT2D eigenvalue weighted by Gasteiger charge is 2.56. The smallest absolute Gasteiger partial charge is 0.496 e. The molecule has 2 aliphatic heterocycles. The van der Waals surface area contributed by atoms with Crippen LogP contribution in [0.25, 0.3) is 11.0 Å². The van der Waals surface area contributed by atoms with Crippen molar-refractivity contribution >= 4 is 22.9 Å². The summed E-state index contributed by atoms with van der Waals surface area (Å²) in [5.41, 5.74) is 1.25. The van der Waals surface area contributed by atoms with Gasteiger partial charge in [0.1, 0.15) is 17.1 Å². The van der Waals surface area contributed by atoms with Crippen molar-refractivity contribution in [2.45, 2.75) is 65.1 Å². The van der Waals surface area contributed by atoms with Crippen LogP contribution in [0.5, 0.6) is 11.5 Å². The number of hydrogen-bond acceptors (Lipinski definition) is 9. The first-order chi connectivity index (χ1) is 18.0. The first-order valence-corrected chi connectivity index (χ1v) is 12.4. The fourth-order valence-corrected chi connectivity index (χ4v) is 4.99. The number of hydrogen-bond donors (Lipinski definition) is 0. The van der Waals surface area contributed by atoms with Gasteiger partial charge < -0.3 is 28.1 Å². The normalized spacial score (nSPS) is 23.9. The van der Waals surface area contributed by atoms with E-state index in [0.717, 1.165) is 5.56 Å². The van der Waals surface area contributed by atoms with Gasteiger partial charge in [-0.15, -0.1) is 0 Å². The van der Waals surface area contributed by atoms with E-state index < -0.39 is 35.9 Å². The first-order valence-electron chi connectivity index (χ1n) is 12.4. The summed E-state index contributed by atoms with van der Waals surface area (Å²) < 4.78 is 33.9. The van der Waals surface area contributed by atoms with Crippen molar-refractivity contribution in [2.24, 2.45) is 5.92 Å². The summed E-state index contributed by atoms with van der Waals surface area (Å²) in [4.78, 5) is 37.6. The van der Waals surface area contributed by atoms with Crippen LogP contribution in [0.4, 0.5) is 4.79 Å². The number of rotatable bonds is 6. The molecule has 2 fully saturated rings. The molecule has 9 nitrogen and oxygen atoms in total. The molecule has 2 aliphatic rings. The largest absolute Gasteiger partial charge is 0.509 e. The van der Waals surface area contributed by atoms with Gasteiger partial charge in [-0.05, 0) is 69.7 Å². The molecule has 3 aromatic rings. The van der Waals surface area contributed by atoms with E-state index in [1.165, 1.54) is 0 Å². The zero-order valence-corrected chi connectivity index (χ0v) is 22.2. The number of aryl methyl sites for hydroxylation is 2. The average molecular weight is 523 g/mol. The molecule has 0 bridgehead atoms. The van der Waals surface area contributed by atoms with E-state index in [1.54, 1.807) is 50.4 Å². The van der Waals surface area contributed by atoms with Crippen molar-refractivity contribution in [3.63, 3.8) is 0 Å². The lowest BCUT2D eigenvalue weighted by Crippen LogP contribution is -2.58. The molecule has 4 atom stereocenters. The lowest BCUT2D eigenvalue weighted by Gasteiger charge is -2.44. The maximum atomic E-state index is 12.9. The SMILES string of the molecule is COc1ccc(C(=O)Cc2cc3ccc(O[C@@H]4OC(C)(C)[C@H](C)[C@@H]5OC(=O)OC45)c(C)c3oc2=O)cc1C. The summed E-state index contributed by atoms with van der Waals surface area (Å²) in [6.07, 6.45) is -3.01. The topological polar surface area (TPSA) is 110 Å². The van der Waals surface area contributed by atoms with E-state index in [4.69, 9.17) is 28.1 Å². The summed E-state index contributed by atoms with van der Waals surface area (Å²) >= 11 is 0. The second kappa shape index (κ2) is 9.47. The predicted molar refractivity (Wildman–Crippen MR) is 137 cm³/mol. The van der Waals surface area contributed by atoms with Gasteiger partial charge in [-0.3, -0.25) is 4.79 Å². The Labute approximate surface area is 219 Å². The lowest BCUT2D eigenvalue weighted by atomic mass is 9.82. The monoisotopic (exact) mass is 522 g/mol. The van der Waals surface area contributed by atoms with Gasteiger partial charge in [0.05, 0.1) is 12.7 Å². The number of fused-ring (bicyclic) bond motifs is 2. The molecule has 5 rings (SSSR count). The number of ketones is 1. The van der Waals surface area contributed by atoms with Gasteiger partial charge in [-0.25, -0.2) is 9.59 Å². The van der Waals surface area contributed by atoms with Gasteiger partial charge in [0.2, 0.25) is 12.4 Å². The minimum absolute atomic E-state index is 0.0983. The third kappa shape index (κ3) is 4.51. The van der Waals surface area contributed by atoms with Gasteiger partial charge in [0, 0.05) is 34.4 Å². The molecule has 0 aliphatic carbocycles. The predicted octanol–water partition coefficient (Wildman–Crippen LogP) is 4.90. The molecule has 0 spiro atoms. The quantitative estimate of drug-likeness (QED) is 0.254. The van der Waals surface area contributed by atoms with Crippen LogP contribution in [0.1, 0.15) is 47.8 Å². The summed E-state index contributed by atoms with van der Waals surface area (Å²) in [6, 6.07) is 10.3. The molecule has 0 amide bonds. The summed E-state index contributed by atoms with van der Waals surface area (Å²) in [6.45, 7) is 9.35. The highest BCUT2D eigenvalue weighted by atomic mass is 16.8. The second-order valence-corrected chi connectivity index (χ2v) is 10.4. The van der Waals surface area contributed by atoms with Crippen LogP contribution >= 0.6 is 0 Å². The Bertz CT molecular complexity index is 1490. The van der Waals surface area contributed by atoms with E-state index >= 15 is 0 Å². The molecule has 1 unspecified atom stereocenters. The molecule has 2 saturated heterocycles. The zero-order valence-electron chi connectivity index (χ0n) is 22.2. The Balaban J connectivity index is 1.40. The zero-order chi connectivity index (χ0) is 27.4. The first kappa shape index (κ1) is 25.8. The molecule has 38 heavy (non-hydrogen) atoms. The Hall–Kier alpha value is -3.85. The summed E-state index contributed by atoms with van der Waals surface area (Å²) in [5, 5.41) is 0.648. The molecule has 0 saturated carbocycles. The van der Waals surface area contributed by atoms with Crippen molar-refractivity contribution < 1.29 is 37.7 Å². The van der Waals surface area contributed by atoms with Gasteiger partial charge in [-0.1, -0.05) is 6.92 Å². The molecule has 0 radical (unpaired) electrons. The Kier molecular flexibility index (Phi) is 6.43. The van der Waals surface area contributed by atoms with Gasteiger partial charge in [0.25, 0.3) is 0 Å². The van der Waals surface area contributed by atoms with Crippen LogP contribution in [-0.2, 0) is 20.6 Å². The minimum atomic E-state index is -0.912. The number of benzene rings is 2. The number of carbonyl (C=O) groups excluding carboxylic acids is 2. The average Bonchev–Trinajstić information content (AvgIpc) is 3.26. The summed E-state index contributed by atoms with van der Waals surface area (Å²) in [5.74, 6) is 0.784. The van der Waals surface area contributed by atoms with Crippen molar-refractivity contribution in [3.8, 4) is 11.5 Å². The molecular formula is C29H30O9. The Morgan fingerprint density at radius 3 is 2.42 bits per heavy atom. The number of carbonyl (C=O) groups is 2. The van der Waals surface area contributed by atoms with Crippen LogP contribution in [0.2, 0.25) is 0 Å². The van der Waals surface area contributed by atoms with Crippen molar-refractivity contribution in [1.82, 2.24) is 0 Å². The molecule has 0 N–H and O–H groups in total. The van der Waals surface area contributed by atoms with Gasteiger partial charge >= 0.3 is 11.8 Å². The summed E-state index contributed by atoms with van der Waals surface area (Å²) in [7, 11) is 1.57. The van der Waals surface area contributed by atoms with Crippen molar-refractivity contribution in [2.75, 3.05) is 7.11 Å². The molecule has 2 aromatic carbocycles. The fourth-order valence-electron chi connectivity index (χ4n) is 4.99. The minimum Gasteiger partial charge on any atom is -0.496 e. The van der Waals surface area contributed by atoms with E-state index in [9.17, 15) is 14.4 Å². The highest BCUT2D eigenvalue weighted by Crippen LogP contribution is 2.41. The van der Waals surface area contributed by atoms with Gasteiger partial charge in [-0.2, -0.15) is 0 Å². The Morgan fingerprint density at radius 2 is 1.71 bits per heavy atom. The van der Waals surface area contributed by atoms with E-state index in [1.807, 2.05) is 27.7 Å². The number of methoxy groups -OCH3 is 1. The second-order valence-electron chi connectivity index (χ2n) is 10.4. The van der Waals surface area contributed by atoms with Gasteiger partial charge in [0.15, 0.2) is 11.9 Å². The fraction of sp³-hybridized carbons (Fsp3) is 0.414. The lowest BCUT2D eigenvalue weighted by molar-refractivity contribution is -0.260. The third-order valence-electron chi connectivity index (χ3n) is 7.55.